The lowest BCUT2D eigenvalue weighted by Gasteiger charge is -2.24. The van der Waals surface area contributed by atoms with Crippen LogP contribution in [0.5, 0.6) is 5.75 Å². The number of rotatable bonds is 7. The Morgan fingerprint density at radius 3 is 2.39 bits per heavy atom. The SMILES string of the molecule is COc1c(N2CC[C@@H](C(N)=O)C2)c(F)cc2c(=O)c(C(=O)O)cn(Cc3ccc(-c4ccccc4)cc3)c12. The molecule has 5 rings (SSSR count). The van der Waals surface area contributed by atoms with Gasteiger partial charge in [0, 0.05) is 25.8 Å². The Hall–Kier alpha value is -4.66. The van der Waals surface area contributed by atoms with Crippen molar-refractivity contribution in [3.8, 4) is 16.9 Å². The molecule has 1 aliphatic heterocycles. The third kappa shape index (κ3) is 4.47. The van der Waals surface area contributed by atoms with Gasteiger partial charge in [0.2, 0.25) is 11.3 Å². The average Bonchev–Trinajstić information content (AvgIpc) is 3.40. The lowest BCUT2D eigenvalue weighted by Crippen LogP contribution is -2.28. The molecule has 194 valence electrons. The van der Waals surface area contributed by atoms with E-state index in [0.717, 1.165) is 22.8 Å². The van der Waals surface area contributed by atoms with Gasteiger partial charge in [-0.2, -0.15) is 0 Å². The smallest absolute Gasteiger partial charge is 0.341 e. The molecule has 1 fully saturated rings. The molecule has 1 aliphatic rings. The fraction of sp³-hybridized carbons (Fsp3) is 0.207. The topological polar surface area (TPSA) is 115 Å². The molecule has 0 saturated carbocycles. The van der Waals surface area contributed by atoms with Gasteiger partial charge in [-0.05, 0) is 29.2 Å². The molecule has 0 unspecified atom stereocenters. The summed E-state index contributed by atoms with van der Waals surface area (Å²) < 4.78 is 22.7. The van der Waals surface area contributed by atoms with Gasteiger partial charge in [-0.15, -0.1) is 0 Å². The quantitative estimate of drug-likeness (QED) is 0.386. The maximum Gasteiger partial charge on any atom is 0.341 e. The number of pyridine rings is 1. The number of carboxylic acids is 1. The van der Waals surface area contributed by atoms with Crippen molar-refractivity contribution in [2.24, 2.45) is 11.7 Å². The van der Waals surface area contributed by atoms with Crippen molar-refractivity contribution >= 4 is 28.5 Å². The molecule has 0 aliphatic carbocycles. The molecule has 0 radical (unpaired) electrons. The molecule has 0 spiro atoms. The molecule has 1 saturated heterocycles. The van der Waals surface area contributed by atoms with Crippen LogP contribution in [0.3, 0.4) is 0 Å². The first-order chi connectivity index (χ1) is 18.3. The number of carbonyl (C=O) groups is 2. The van der Waals surface area contributed by atoms with Crippen LogP contribution in [0.1, 0.15) is 22.3 Å². The van der Waals surface area contributed by atoms with E-state index in [1.165, 1.54) is 13.3 Å². The number of fused-ring (bicyclic) bond motifs is 1. The van der Waals surface area contributed by atoms with Crippen LogP contribution < -0.4 is 20.8 Å². The van der Waals surface area contributed by atoms with Gasteiger partial charge in [-0.25, -0.2) is 9.18 Å². The number of halogens is 1. The molecule has 0 bridgehead atoms. The minimum Gasteiger partial charge on any atom is -0.492 e. The van der Waals surface area contributed by atoms with Crippen LogP contribution in [0.15, 0.2) is 71.7 Å². The second-order valence-corrected chi connectivity index (χ2v) is 9.34. The van der Waals surface area contributed by atoms with E-state index in [9.17, 15) is 19.5 Å². The molecule has 1 atom stereocenters. The number of aromatic nitrogens is 1. The van der Waals surface area contributed by atoms with E-state index in [4.69, 9.17) is 10.5 Å². The lowest BCUT2D eigenvalue weighted by molar-refractivity contribution is -0.121. The third-order valence-electron chi connectivity index (χ3n) is 7.00. The molecule has 8 nitrogen and oxygen atoms in total. The van der Waals surface area contributed by atoms with Crippen molar-refractivity contribution in [1.82, 2.24) is 4.57 Å². The first-order valence-electron chi connectivity index (χ1n) is 12.1. The van der Waals surface area contributed by atoms with Crippen LogP contribution >= 0.6 is 0 Å². The average molecular weight is 516 g/mol. The summed E-state index contributed by atoms with van der Waals surface area (Å²) in [5, 5.41) is 9.59. The fourth-order valence-corrected chi connectivity index (χ4v) is 5.08. The van der Waals surface area contributed by atoms with E-state index in [1.807, 2.05) is 54.6 Å². The molecule has 9 heteroatoms. The number of hydrogen-bond acceptors (Lipinski definition) is 5. The number of anilines is 1. The van der Waals surface area contributed by atoms with Crippen LogP contribution in [-0.2, 0) is 11.3 Å². The summed E-state index contributed by atoms with van der Waals surface area (Å²) in [6.45, 7) is 0.800. The molecule has 1 amide bonds. The summed E-state index contributed by atoms with van der Waals surface area (Å²) in [7, 11) is 1.37. The summed E-state index contributed by atoms with van der Waals surface area (Å²) in [5.74, 6) is -2.94. The molecule has 3 aromatic carbocycles. The molecule has 4 aromatic rings. The van der Waals surface area contributed by atoms with E-state index in [2.05, 4.69) is 0 Å². The monoisotopic (exact) mass is 515 g/mol. The van der Waals surface area contributed by atoms with Gasteiger partial charge in [0.05, 0.1) is 23.9 Å². The second-order valence-electron chi connectivity index (χ2n) is 9.34. The summed E-state index contributed by atoms with van der Waals surface area (Å²) in [6.07, 6.45) is 1.73. The molecular formula is C29H26FN3O5. The lowest BCUT2D eigenvalue weighted by atomic mass is 10.0. The molecular weight excluding hydrogens is 489 g/mol. The molecule has 2 heterocycles. The standard InChI is InChI=1S/C29H26FN3O5/c1-38-27-24-21(13-23(30)25(27)32-12-11-20(15-32)28(31)35)26(34)22(29(36)37)16-33(24)14-17-7-9-19(10-8-17)18-5-3-2-4-6-18/h2-10,13,16,20H,11-12,14-15H2,1H3,(H2,31,35)(H,36,37)/t20-/m1/s1. The van der Waals surface area contributed by atoms with E-state index in [-0.39, 0.29) is 35.4 Å². The number of methoxy groups -OCH3 is 1. The highest BCUT2D eigenvalue weighted by Crippen LogP contribution is 2.40. The summed E-state index contributed by atoms with van der Waals surface area (Å²) in [4.78, 5) is 38.4. The predicted molar refractivity (Wildman–Crippen MR) is 142 cm³/mol. The van der Waals surface area contributed by atoms with Crippen LogP contribution in [0, 0.1) is 11.7 Å². The fourth-order valence-electron chi connectivity index (χ4n) is 5.08. The van der Waals surface area contributed by atoms with E-state index in [1.54, 1.807) is 9.47 Å². The Bertz CT molecular complexity index is 1600. The zero-order valence-corrected chi connectivity index (χ0v) is 20.7. The van der Waals surface area contributed by atoms with Gasteiger partial charge in [0.1, 0.15) is 11.3 Å². The Balaban J connectivity index is 1.65. The number of primary amides is 1. The number of nitrogens with two attached hydrogens (primary N) is 1. The van der Waals surface area contributed by atoms with Gasteiger partial charge in [-0.1, -0.05) is 54.6 Å². The maximum absolute atomic E-state index is 15.5. The number of nitrogens with zero attached hydrogens (tertiary/aromatic N) is 2. The van der Waals surface area contributed by atoms with Crippen LogP contribution in [-0.4, -0.2) is 41.7 Å². The summed E-state index contributed by atoms with van der Waals surface area (Å²) >= 11 is 0. The number of benzene rings is 3. The van der Waals surface area contributed by atoms with Crippen molar-refractivity contribution in [3.05, 3.63) is 94.0 Å². The molecule has 3 N–H and O–H groups in total. The van der Waals surface area contributed by atoms with Crippen LogP contribution in [0.2, 0.25) is 0 Å². The van der Waals surface area contributed by atoms with Crippen molar-refractivity contribution in [2.75, 3.05) is 25.1 Å². The summed E-state index contributed by atoms with van der Waals surface area (Å²) in [6, 6.07) is 18.7. The van der Waals surface area contributed by atoms with Crippen molar-refractivity contribution in [3.63, 3.8) is 0 Å². The first-order valence-corrected chi connectivity index (χ1v) is 12.1. The second kappa shape index (κ2) is 10.0. The van der Waals surface area contributed by atoms with Crippen molar-refractivity contribution in [2.45, 2.75) is 13.0 Å². The van der Waals surface area contributed by atoms with Crippen LogP contribution in [0.25, 0.3) is 22.0 Å². The number of amides is 1. The van der Waals surface area contributed by atoms with Crippen LogP contribution in [0.4, 0.5) is 10.1 Å². The van der Waals surface area contributed by atoms with Gasteiger partial charge in [0.25, 0.3) is 0 Å². The number of hydrogen-bond donors (Lipinski definition) is 2. The number of carboxylic acid groups (broad SMARTS) is 1. The first kappa shape index (κ1) is 25.0. The number of carbonyl (C=O) groups excluding carboxylic acids is 1. The van der Waals surface area contributed by atoms with Crippen molar-refractivity contribution < 1.29 is 23.8 Å². The molecule has 1 aromatic heterocycles. The minimum absolute atomic E-state index is 0.0973. The van der Waals surface area contributed by atoms with E-state index in [0.29, 0.717) is 13.0 Å². The highest BCUT2D eigenvalue weighted by atomic mass is 19.1. The third-order valence-corrected chi connectivity index (χ3v) is 7.00. The van der Waals surface area contributed by atoms with Gasteiger partial charge in [0.15, 0.2) is 11.6 Å². The number of aromatic carboxylic acids is 1. The summed E-state index contributed by atoms with van der Waals surface area (Å²) in [5.41, 5.74) is 7.50. The molecule has 38 heavy (non-hydrogen) atoms. The highest BCUT2D eigenvalue weighted by Gasteiger charge is 2.32. The zero-order valence-electron chi connectivity index (χ0n) is 20.7. The largest absolute Gasteiger partial charge is 0.492 e. The number of ether oxygens (including phenoxy) is 1. The predicted octanol–water partition coefficient (Wildman–Crippen LogP) is 3.87. The Labute approximate surface area is 217 Å². The van der Waals surface area contributed by atoms with Gasteiger partial charge in [-0.3, -0.25) is 9.59 Å². The zero-order chi connectivity index (χ0) is 27.0. The van der Waals surface area contributed by atoms with Gasteiger partial charge >= 0.3 is 5.97 Å². The van der Waals surface area contributed by atoms with Crippen molar-refractivity contribution in [1.29, 1.82) is 0 Å². The Kier molecular flexibility index (Phi) is 6.59. The van der Waals surface area contributed by atoms with E-state index < -0.39 is 34.6 Å². The van der Waals surface area contributed by atoms with E-state index >= 15 is 4.39 Å². The Morgan fingerprint density at radius 1 is 1.11 bits per heavy atom. The highest BCUT2D eigenvalue weighted by molar-refractivity contribution is 5.97. The minimum atomic E-state index is -1.41. The Morgan fingerprint density at radius 2 is 1.79 bits per heavy atom. The normalized spacial score (nSPS) is 15.1. The maximum atomic E-state index is 15.5. The van der Waals surface area contributed by atoms with Gasteiger partial charge < -0.3 is 25.0 Å².